The highest BCUT2D eigenvalue weighted by Gasteiger charge is 2.14. The molecule has 3 aromatic rings. The molecule has 0 saturated heterocycles. The SMILES string of the molecule is CCCc1cc(C(=O)Nc2cc(C)n(Cc3ccc(Cl)cc3)n2)no1. The largest absolute Gasteiger partial charge is 0.361 e. The van der Waals surface area contributed by atoms with E-state index in [-0.39, 0.29) is 11.6 Å². The highest BCUT2D eigenvalue weighted by molar-refractivity contribution is 6.30. The lowest BCUT2D eigenvalue weighted by Gasteiger charge is -2.04. The first kappa shape index (κ1) is 17.2. The van der Waals surface area contributed by atoms with Gasteiger partial charge in [-0.15, -0.1) is 0 Å². The van der Waals surface area contributed by atoms with Crippen LogP contribution in [0.5, 0.6) is 0 Å². The van der Waals surface area contributed by atoms with Crippen LogP contribution in [0.15, 0.2) is 40.9 Å². The van der Waals surface area contributed by atoms with E-state index in [0.717, 1.165) is 24.1 Å². The minimum atomic E-state index is -0.331. The molecule has 0 saturated carbocycles. The van der Waals surface area contributed by atoms with Crippen LogP contribution in [-0.2, 0) is 13.0 Å². The molecule has 0 fully saturated rings. The van der Waals surface area contributed by atoms with Crippen LogP contribution in [0, 0.1) is 6.92 Å². The third-order valence-electron chi connectivity index (χ3n) is 3.76. The number of hydrogen-bond donors (Lipinski definition) is 1. The summed E-state index contributed by atoms with van der Waals surface area (Å²) in [4.78, 5) is 12.3. The Bertz CT molecular complexity index is 868. The Hall–Kier alpha value is -2.60. The summed E-state index contributed by atoms with van der Waals surface area (Å²) in [6.45, 7) is 4.58. The minimum absolute atomic E-state index is 0.258. The number of nitrogens with one attached hydrogen (secondary N) is 1. The summed E-state index contributed by atoms with van der Waals surface area (Å²) in [6, 6.07) is 11.1. The molecular weight excluding hydrogens is 340 g/mol. The van der Waals surface area contributed by atoms with Crippen LogP contribution in [0.1, 0.15) is 40.9 Å². The van der Waals surface area contributed by atoms with Gasteiger partial charge >= 0.3 is 0 Å². The summed E-state index contributed by atoms with van der Waals surface area (Å²) in [5, 5.41) is 11.7. The van der Waals surface area contributed by atoms with Crippen molar-refractivity contribution in [2.24, 2.45) is 0 Å². The van der Waals surface area contributed by atoms with Crippen molar-refractivity contribution >= 4 is 23.3 Å². The van der Waals surface area contributed by atoms with E-state index in [9.17, 15) is 4.79 Å². The van der Waals surface area contributed by atoms with E-state index in [1.165, 1.54) is 0 Å². The van der Waals surface area contributed by atoms with Crippen LogP contribution in [0.4, 0.5) is 5.82 Å². The highest BCUT2D eigenvalue weighted by atomic mass is 35.5. The normalized spacial score (nSPS) is 10.8. The molecule has 3 rings (SSSR count). The zero-order chi connectivity index (χ0) is 17.8. The fourth-order valence-electron chi connectivity index (χ4n) is 2.46. The number of hydrogen-bond acceptors (Lipinski definition) is 4. The summed E-state index contributed by atoms with van der Waals surface area (Å²) in [7, 11) is 0. The van der Waals surface area contributed by atoms with Gasteiger partial charge in [0.25, 0.3) is 5.91 Å². The Morgan fingerprint density at radius 2 is 2.04 bits per heavy atom. The van der Waals surface area contributed by atoms with Crippen LogP contribution in [0.2, 0.25) is 5.02 Å². The van der Waals surface area contributed by atoms with Gasteiger partial charge in [-0.25, -0.2) is 0 Å². The highest BCUT2D eigenvalue weighted by Crippen LogP contribution is 2.15. The quantitative estimate of drug-likeness (QED) is 0.720. The summed E-state index contributed by atoms with van der Waals surface area (Å²) in [6.07, 6.45) is 1.69. The summed E-state index contributed by atoms with van der Waals surface area (Å²) in [5.74, 6) is 0.857. The van der Waals surface area contributed by atoms with Gasteiger partial charge in [0.15, 0.2) is 11.5 Å². The van der Waals surface area contributed by atoms with E-state index < -0.39 is 0 Å². The van der Waals surface area contributed by atoms with E-state index in [4.69, 9.17) is 16.1 Å². The molecular formula is C18H19ClN4O2. The molecule has 0 spiro atoms. The predicted octanol–water partition coefficient (Wildman–Crippen LogP) is 4.09. The average molecular weight is 359 g/mol. The van der Waals surface area contributed by atoms with Gasteiger partial charge in [-0.05, 0) is 31.0 Å². The number of aryl methyl sites for hydroxylation is 2. The van der Waals surface area contributed by atoms with Gasteiger partial charge in [-0.3, -0.25) is 9.48 Å². The monoisotopic (exact) mass is 358 g/mol. The molecule has 130 valence electrons. The van der Waals surface area contributed by atoms with Gasteiger partial charge in [0.05, 0.1) is 6.54 Å². The fourth-order valence-corrected chi connectivity index (χ4v) is 2.58. The second-order valence-corrected chi connectivity index (χ2v) is 6.27. The van der Waals surface area contributed by atoms with Crippen molar-refractivity contribution in [3.05, 3.63) is 64.1 Å². The zero-order valence-electron chi connectivity index (χ0n) is 14.1. The lowest BCUT2D eigenvalue weighted by molar-refractivity contribution is 0.101. The van der Waals surface area contributed by atoms with Crippen molar-refractivity contribution in [2.75, 3.05) is 5.32 Å². The van der Waals surface area contributed by atoms with Gasteiger partial charge < -0.3 is 9.84 Å². The fraction of sp³-hybridized carbons (Fsp3) is 0.278. The van der Waals surface area contributed by atoms with Gasteiger partial charge in [0.2, 0.25) is 0 Å². The molecule has 1 amide bonds. The van der Waals surface area contributed by atoms with Crippen molar-refractivity contribution in [1.82, 2.24) is 14.9 Å². The van der Waals surface area contributed by atoms with Crippen LogP contribution in [0.3, 0.4) is 0 Å². The zero-order valence-corrected chi connectivity index (χ0v) is 14.9. The molecule has 2 heterocycles. The number of carbonyl (C=O) groups is 1. The molecule has 1 N–H and O–H groups in total. The van der Waals surface area contributed by atoms with E-state index >= 15 is 0 Å². The second kappa shape index (κ2) is 7.53. The number of amides is 1. The van der Waals surface area contributed by atoms with Crippen molar-refractivity contribution < 1.29 is 9.32 Å². The first-order valence-corrected chi connectivity index (χ1v) is 8.49. The number of benzene rings is 1. The Kier molecular flexibility index (Phi) is 5.19. The lowest BCUT2D eigenvalue weighted by atomic mass is 10.2. The molecule has 0 aliphatic rings. The van der Waals surface area contributed by atoms with Crippen LogP contribution < -0.4 is 5.32 Å². The molecule has 25 heavy (non-hydrogen) atoms. The summed E-state index contributed by atoms with van der Waals surface area (Å²) >= 11 is 5.90. The van der Waals surface area contributed by atoms with Crippen LogP contribution >= 0.6 is 11.6 Å². The second-order valence-electron chi connectivity index (χ2n) is 5.84. The number of aromatic nitrogens is 3. The molecule has 2 aromatic heterocycles. The molecule has 0 unspecified atom stereocenters. The molecule has 0 bridgehead atoms. The Morgan fingerprint density at radius 3 is 2.76 bits per heavy atom. The van der Waals surface area contributed by atoms with E-state index in [1.807, 2.05) is 48.9 Å². The van der Waals surface area contributed by atoms with Gasteiger partial charge in [0.1, 0.15) is 5.76 Å². The smallest absolute Gasteiger partial charge is 0.279 e. The topological polar surface area (TPSA) is 73.0 Å². The third-order valence-corrected chi connectivity index (χ3v) is 4.01. The standard InChI is InChI=1S/C18H19ClN4O2/c1-3-4-15-10-16(22-25-15)18(24)20-17-9-12(2)23(21-17)11-13-5-7-14(19)8-6-13/h5-10H,3-4,11H2,1-2H3,(H,20,21,24). The number of rotatable bonds is 6. The van der Waals surface area contributed by atoms with Crippen LogP contribution in [0.25, 0.3) is 0 Å². The molecule has 0 aliphatic heterocycles. The van der Waals surface area contributed by atoms with Crippen LogP contribution in [-0.4, -0.2) is 20.8 Å². The van der Waals surface area contributed by atoms with Crippen molar-refractivity contribution in [2.45, 2.75) is 33.2 Å². The number of halogens is 1. The maximum absolute atomic E-state index is 12.3. The lowest BCUT2D eigenvalue weighted by Crippen LogP contribution is -2.13. The molecule has 0 atom stereocenters. The summed E-state index contributed by atoms with van der Waals surface area (Å²) in [5.41, 5.74) is 2.28. The third kappa shape index (κ3) is 4.28. The van der Waals surface area contributed by atoms with E-state index in [0.29, 0.717) is 23.1 Å². The number of nitrogens with zero attached hydrogens (tertiary/aromatic N) is 3. The van der Waals surface area contributed by atoms with Gasteiger partial charge in [-0.1, -0.05) is 35.8 Å². The number of anilines is 1. The van der Waals surface area contributed by atoms with Crippen molar-refractivity contribution in [3.8, 4) is 0 Å². The molecule has 7 heteroatoms. The molecule has 1 aromatic carbocycles. The molecule has 0 radical (unpaired) electrons. The maximum Gasteiger partial charge on any atom is 0.279 e. The molecule has 0 aliphatic carbocycles. The first-order valence-electron chi connectivity index (χ1n) is 8.11. The average Bonchev–Trinajstić information content (AvgIpc) is 3.17. The van der Waals surface area contributed by atoms with E-state index in [1.54, 1.807) is 6.07 Å². The Balaban J connectivity index is 1.68. The Morgan fingerprint density at radius 1 is 1.28 bits per heavy atom. The number of carbonyl (C=O) groups excluding carboxylic acids is 1. The van der Waals surface area contributed by atoms with Crippen molar-refractivity contribution in [3.63, 3.8) is 0 Å². The van der Waals surface area contributed by atoms with Crippen molar-refractivity contribution in [1.29, 1.82) is 0 Å². The van der Waals surface area contributed by atoms with E-state index in [2.05, 4.69) is 15.6 Å². The minimum Gasteiger partial charge on any atom is -0.361 e. The maximum atomic E-state index is 12.3. The first-order chi connectivity index (χ1) is 12.0. The predicted molar refractivity (Wildman–Crippen MR) is 96.0 cm³/mol. The van der Waals surface area contributed by atoms with Gasteiger partial charge in [0, 0.05) is 29.3 Å². The van der Waals surface area contributed by atoms with Gasteiger partial charge in [-0.2, -0.15) is 5.10 Å². The molecule has 6 nitrogen and oxygen atoms in total. The summed E-state index contributed by atoms with van der Waals surface area (Å²) < 4.78 is 6.96. The Labute approximate surface area is 150 Å².